The highest BCUT2D eigenvalue weighted by Gasteiger charge is 2.32. The Kier molecular flexibility index (Phi) is 6.39. The van der Waals surface area contributed by atoms with Crippen molar-refractivity contribution in [3.63, 3.8) is 0 Å². The summed E-state index contributed by atoms with van der Waals surface area (Å²) >= 11 is 0. The van der Waals surface area contributed by atoms with Crippen LogP contribution in [0.5, 0.6) is 0 Å². The van der Waals surface area contributed by atoms with Gasteiger partial charge in [0.2, 0.25) is 0 Å². The van der Waals surface area contributed by atoms with Crippen molar-refractivity contribution in [2.24, 2.45) is 10.7 Å². The zero-order chi connectivity index (χ0) is 24.5. The van der Waals surface area contributed by atoms with Gasteiger partial charge in [0.05, 0.1) is 23.3 Å². The number of nitrogens with two attached hydrogens (primary N) is 1. The second-order valence-corrected chi connectivity index (χ2v) is 10.3. The van der Waals surface area contributed by atoms with Crippen LogP contribution in [0.1, 0.15) is 33.5 Å². The van der Waals surface area contributed by atoms with Gasteiger partial charge in [-0.1, -0.05) is 48.0 Å². The summed E-state index contributed by atoms with van der Waals surface area (Å²) in [6.07, 6.45) is 3.82. The number of nitrogens with zero attached hydrogens (tertiary/aromatic N) is 1. The number of sulfone groups is 1. The summed E-state index contributed by atoms with van der Waals surface area (Å²) in [6.45, 7) is 1.99. The number of esters is 1. The summed E-state index contributed by atoms with van der Waals surface area (Å²) in [4.78, 5) is 17.4. The van der Waals surface area contributed by atoms with E-state index in [2.05, 4.69) is 4.99 Å². The fourth-order valence-electron chi connectivity index (χ4n) is 4.20. The van der Waals surface area contributed by atoms with Gasteiger partial charge in [-0.2, -0.15) is 0 Å². The monoisotopic (exact) mass is 474 g/mol. The number of methoxy groups -OCH3 is 1. The highest BCUT2D eigenvalue weighted by Crippen LogP contribution is 2.41. The molecule has 0 radical (unpaired) electrons. The second-order valence-electron chi connectivity index (χ2n) is 8.31. The van der Waals surface area contributed by atoms with Crippen LogP contribution in [0.4, 0.5) is 5.69 Å². The predicted octanol–water partition coefficient (Wildman–Crippen LogP) is 4.87. The smallest absolute Gasteiger partial charge is 0.339 e. The Morgan fingerprint density at radius 3 is 2.35 bits per heavy atom. The van der Waals surface area contributed by atoms with Crippen molar-refractivity contribution >= 4 is 33.3 Å². The van der Waals surface area contributed by atoms with Crippen molar-refractivity contribution in [1.29, 1.82) is 0 Å². The SMILES string of the molecule is COC(=O)c1c(S(C)(=O)=O)cc(-c2ccc(C)cc2)c2c1C(C=Nc1ccccc1)=C(N)CC2. The summed E-state index contributed by atoms with van der Waals surface area (Å²) in [7, 11) is -2.54. The predicted molar refractivity (Wildman–Crippen MR) is 135 cm³/mol. The number of aliphatic imine (C=N–C) groups is 1. The van der Waals surface area contributed by atoms with Gasteiger partial charge < -0.3 is 10.5 Å². The molecule has 0 aromatic heterocycles. The van der Waals surface area contributed by atoms with E-state index in [1.807, 2.05) is 61.5 Å². The summed E-state index contributed by atoms with van der Waals surface area (Å²) in [6, 6.07) is 18.8. The number of carbonyl (C=O) groups is 1. The molecule has 0 bridgehead atoms. The third-order valence-electron chi connectivity index (χ3n) is 5.91. The second kappa shape index (κ2) is 9.27. The summed E-state index contributed by atoms with van der Waals surface area (Å²) in [5.74, 6) is -0.729. The molecule has 0 aliphatic heterocycles. The number of aryl methyl sites for hydroxylation is 1. The number of ether oxygens (including phenoxy) is 1. The first-order chi connectivity index (χ1) is 16.2. The first-order valence-corrected chi connectivity index (χ1v) is 12.7. The molecule has 0 heterocycles. The van der Waals surface area contributed by atoms with E-state index in [0.717, 1.165) is 28.5 Å². The molecular formula is C27H26N2O4S. The normalized spacial score (nSPS) is 13.7. The molecule has 2 N–H and O–H groups in total. The minimum atomic E-state index is -3.78. The van der Waals surface area contributed by atoms with E-state index in [9.17, 15) is 13.2 Å². The van der Waals surface area contributed by atoms with Crippen molar-refractivity contribution in [1.82, 2.24) is 0 Å². The molecule has 34 heavy (non-hydrogen) atoms. The molecule has 0 saturated heterocycles. The standard InChI is InChI=1S/C27H26N2O4S/c1-17-9-11-18(12-10-17)21-15-24(34(3,31)32)26(27(30)33-2)25-20(21)13-14-23(28)22(25)16-29-19-7-5-4-6-8-19/h4-12,15-16H,13-14,28H2,1-3H3. The molecule has 0 fully saturated rings. The van der Waals surface area contributed by atoms with Gasteiger partial charge in [-0.05, 0) is 54.7 Å². The van der Waals surface area contributed by atoms with Gasteiger partial charge in [0.25, 0.3) is 0 Å². The minimum absolute atomic E-state index is 0.00646. The lowest BCUT2D eigenvalue weighted by molar-refractivity contribution is 0.0596. The Morgan fingerprint density at radius 2 is 1.74 bits per heavy atom. The molecular weight excluding hydrogens is 448 g/mol. The van der Waals surface area contributed by atoms with Crippen LogP contribution in [0, 0.1) is 6.92 Å². The lowest BCUT2D eigenvalue weighted by Gasteiger charge is -2.26. The fourth-order valence-corrected chi connectivity index (χ4v) is 5.09. The van der Waals surface area contributed by atoms with Gasteiger partial charge in [-0.25, -0.2) is 13.2 Å². The minimum Gasteiger partial charge on any atom is -0.465 e. The van der Waals surface area contributed by atoms with Gasteiger partial charge >= 0.3 is 5.97 Å². The molecule has 4 rings (SSSR count). The average Bonchev–Trinajstić information content (AvgIpc) is 2.82. The maximum absolute atomic E-state index is 13.0. The van der Waals surface area contributed by atoms with Crippen LogP contribution in [0.3, 0.4) is 0 Å². The maximum Gasteiger partial charge on any atom is 0.339 e. The largest absolute Gasteiger partial charge is 0.465 e. The summed E-state index contributed by atoms with van der Waals surface area (Å²) < 4.78 is 30.8. The van der Waals surface area contributed by atoms with Crippen molar-refractivity contribution in [2.45, 2.75) is 24.7 Å². The van der Waals surface area contributed by atoms with Gasteiger partial charge in [-0.3, -0.25) is 4.99 Å². The summed E-state index contributed by atoms with van der Waals surface area (Å²) in [5, 5.41) is 0. The number of allylic oxidation sites excluding steroid dienone is 2. The Morgan fingerprint density at radius 1 is 1.06 bits per heavy atom. The number of rotatable bonds is 5. The molecule has 3 aromatic carbocycles. The number of para-hydroxylation sites is 1. The van der Waals surface area contributed by atoms with Gasteiger partial charge in [0, 0.05) is 29.3 Å². The zero-order valence-electron chi connectivity index (χ0n) is 19.3. The molecule has 0 unspecified atom stereocenters. The highest BCUT2D eigenvalue weighted by atomic mass is 32.2. The molecule has 7 heteroatoms. The van der Waals surface area contributed by atoms with E-state index in [4.69, 9.17) is 10.5 Å². The Hall–Kier alpha value is -3.71. The lowest BCUT2D eigenvalue weighted by atomic mass is 9.81. The molecule has 0 spiro atoms. The molecule has 0 saturated carbocycles. The van der Waals surface area contributed by atoms with Crippen LogP contribution < -0.4 is 5.73 Å². The van der Waals surface area contributed by atoms with Crippen LogP contribution in [0.15, 0.2) is 76.2 Å². The molecule has 1 aliphatic rings. The van der Waals surface area contributed by atoms with Gasteiger partial charge in [-0.15, -0.1) is 0 Å². The van der Waals surface area contributed by atoms with E-state index >= 15 is 0 Å². The zero-order valence-corrected chi connectivity index (χ0v) is 20.1. The number of carbonyl (C=O) groups excluding carboxylic acids is 1. The van der Waals surface area contributed by atoms with Gasteiger partial charge in [0.1, 0.15) is 0 Å². The van der Waals surface area contributed by atoms with Crippen LogP contribution in [-0.4, -0.2) is 34.0 Å². The van der Waals surface area contributed by atoms with Crippen LogP contribution >= 0.6 is 0 Å². The van der Waals surface area contributed by atoms with Crippen molar-refractivity contribution in [3.8, 4) is 11.1 Å². The molecule has 1 aliphatic carbocycles. The Bertz CT molecular complexity index is 1420. The van der Waals surface area contributed by atoms with Crippen molar-refractivity contribution in [3.05, 3.63) is 88.6 Å². The van der Waals surface area contributed by atoms with E-state index in [1.165, 1.54) is 7.11 Å². The first kappa shape index (κ1) is 23.4. The van der Waals surface area contributed by atoms with E-state index < -0.39 is 15.8 Å². The maximum atomic E-state index is 13.0. The van der Waals surface area contributed by atoms with Crippen molar-refractivity contribution < 1.29 is 17.9 Å². The number of hydrogen-bond donors (Lipinski definition) is 1. The quantitative estimate of drug-likeness (QED) is 0.420. The first-order valence-electron chi connectivity index (χ1n) is 10.8. The topological polar surface area (TPSA) is 98.8 Å². The van der Waals surface area contributed by atoms with Crippen LogP contribution in [0.2, 0.25) is 0 Å². The number of benzene rings is 3. The number of hydrogen-bond acceptors (Lipinski definition) is 6. The van der Waals surface area contributed by atoms with Gasteiger partial charge in [0.15, 0.2) is 9.84 Å². The van der Waals surface area contributed by atoms with Crippen LogP contribution in [0.25, 0.3) is 16.7 Å². The lowest BCUT2D eigenvalue weighted by Crippen LogP contribution is -2.20. The summed E-state index contributed by atoms with van der Waals surface area (Å²) in [5.41, 5.74) is 12.2. The third-order valence-corrected chi connectivity index (χ3v) is 7.03. The van der Waals surface area contributed by atoms with E-state index in [-0.39, 0.29) is 10.5 Å². The molecule has 6 nitrogen and oxygen atoms in total. The van der Waals surface area contributed by atoms with E-state index in [0.29, 0.717) is 35.4 Å². The Labute approximate surface area is 199 Å². The third kappa shape index (κ3) is 4.52. The molecule has 0 amide bonds. The average molecular weight is 475 g/mol. The fraction of sp³-hybridized carbons (Fsp3) is 0.185. The molecule has 174 valence electrons. The number of fused-ring (bicyclic) bond motifs is 1. The van der Waals surface area contributed by atoms with E-state index in [1.54, 1.807) is 12.3 Å². The van der Waals surface area contributed by atoms with Crippen molar-refractivity contribution in [2.75, 3.05) is 13.4 Å². The highest BCUT2D eigenvalue weighted by molar-refractivity contribution is 7.90. The molecule has 3 aromatic rings. The molecule has 0 atom stereocenters. The van der Waals surface area contributed by atoms with Crippen LogP contribution in [-0.2, 0) is 21.0 Å². The Balaban J connectivity index is 2.07.